The molecule has 3 aromatic heterocycles. The summed E-state index contributed by atoms with van der Waals surface area (Å²) in [7, 11) is 0. The molecule has 0 radical (unpaired) electrons. The van der Waals surface area contributed by atoms with E-state index >= 15 is 0 Å². The number of nitrogens with one attached hydrogen (secondary N) is 2. The summed E-state index contributed by atoms with van der Waals surface area (Å²) in [6.07, 6.45) is 9.56. The molecule has 4 aliphatic heterocycles. The van der Waals surface area contributed by atoms with E-state index in [1.165, 1.54) is 0 Å². The predicted molar refractivity (Wildman–Crippen MR) is 260 cm³/mol. The Morgan fingerprint density at radius 2 is 1.69 bits per heavy atom. The molecule has 4 saturated heterocycles. The molecule has 1 unspecified atom stereocenters. The quantitative estimate of drug-likeness (QED) is 0.164. The number of benzene rings is 2. The number of imide groups is 1. The van der Waals surface area contributed by atoms with Gasteiger partial charge in [0.2, 0.25) is 11.8 Å². The van der Waals surface area contributed by atoms with Crippen molar-refractivity contribution in [2.45, 2.75) is 90.4 Å². The van der Waals surface area contributed by atoms with Gasteiger partial charge in [0.25, 0.3) is 17.4 Å². The fourth-order valence-electron chi connectivity index (χ4n) is 11.7. The summed E-state index contributed by atoms with van der Waals surface area (Å²) >= 11 is 6.26. The molecule has 5 fully saturated rings. The van der Waals surface area contributed by atoms with Crippen LogP contribution in [0.15, 0.2) is 71.9 Å². The van der Waals surface area contributed by atoms with Crippen LogP contribution < -0.4 is 25.8 Å². The average molecular weight is 970 g/mol. The maximum Gasteiger partial charge on any atom is 0.278 e. The van der Waals surface area contributed by atoms with Crippen LogP contribution in [0.2, 0.25) is 5.02 Å². The molecule has 1 atom stereocenters. The van der Waals surface area contributed by atoms with Gasteiger partial charge in [-0.2, -0.15) is 15.0 Å². The zero-order valence-electron chi connectivity index (χ0n) is 39.8. The molecule has 4 amide bonds. The van der Waals surface area contributed by atoms with Crippen LogP contribution in [0, 0.1) is 34.0 Å². The topological polar surface area (TPSA) is 214 Å². The molecule has 18 nitrogen and oxygen atoms in total. The van der Waals surface area contributed by atoms with Crippen molar-refractivity contribution < 1.29 is 23.9 Å². The zero-order valence-corrected chi connectivity index (χ0v) is 40.6. The Bertz CT molecular complexity index is 2940. The molecule has 2 N–H and O–H groups in total. The summed E-state index contributed by atoms with van der Waals surface area (Å²) in [4.78, 5) is 75.9. The second kappa shape index (κ2) is 18.6. The Balaban J connectivity index is 0.655. The molecule has 1 aliphatic carbocycles. The number of anilines is 1. The number of pyridine rings is 1. The van der Waals surface area contributed by atoms with E-state index in [4.69, 9.17) is 21.4 Å². The Kier molecular flexibility index (Phi) is 12.5. The van der Waals surface area contributed by atoms with E-state index in [0.29, 0.717) is 51.8 Å². The van der Waals surface area contributed by atoms with Crippen molar-refractivity contribution in [1.29, 1.82) is 5.26 Å². The summed E-state index contributed by atoms with van der Waals surface area (Å²) in [6.45, 7) is 13.9. The highest BCUT2D eigenvalue weighted by Gasteiger charge is 2.64. The van der Waals surface area contributed by atoms with Crippen molar-refractivity contribution in [2.75, 3.05) is 50.7 Å². The number of hydrogen-bond donors (Lipinski definition) is 2. The first kappa shape index (κ1) is 47.0. The Morgan fingerprint density at radius 1 is 0.929 bits per heavy atom. The van der Waals surface area contributed by atoms with Crippen molar-refractivity contribution in [3.05, 3.63) is 93.6 Å². The Morgan fingerprint density at radius 3 is 2.37 bits per heavy atom. The number of carbonyl (C=O) groups is 4. The van der Waals surface area contributed by atoms with Crippen molar-refractivity contribution in [2.24, 2.45) is 22.7 Å². The van der Waals surface area contributed by atoms with Gasteiger partial charge in [-0.1, -0.05) is 44.5 Å². The highest BCUT2D eigenvalue weighted by molar-refractivity contribution is 6.31. The van der Waals surface area contributed by atoms with E-state index in [9.17, 15) is 29.2 Å². The highest BCUT2D eigenvalue weighted by atomic mass is 35.5. The van der Waals surface area contributed by atoms with Crippen LogP contribution in [0.25, 0.3) is 22.2 Å². The molecular formula is C51H57ClN12O6. The Hall–Kier alpha value is -6.71. The van der Waals surface area contributed by atoms with Gasteiger partial charge < -0.3 is 24.8 Å². The fourth-order valence-corrected chi connectivity index (χ4v) is 11.9. The molecule has 0 bridgehead atoms. The lowest BCUT2D eigenvalue weighted by molar-refractivity contribution is -0.164. The van der Waals surface area contributed by atoms with Gasteiger partial charge >= 0.3 is 0 Å². The molecule has 364 valence electrons. The number of piperidine rings is 3. The molecule has 0 spiro atoms. The van der Waals surface area contributed by atoms with Gasteiger partial charge in [0.1, 0.15) is 29.5 Å². The lowest BCUT2D eigenvalue weighted by Gasteiger charge is -2.63. The normalized spacial score (nSPS) is 23.0. The lowest BCUT2D eigenvalue weighted by Crippen LogP contribution is -2.74. The maximum atomic E-state index is 13.6. The molecule has 1 saturated carbocycles. The van der Waals surface area contributed by atoms with Gasteiger partial charge in [-0.25, -0.2) is 0 Å². The molecule has 10 rings (SSSR count). The molecule has 5 aliphatic rings. The monoisotopic (exact) mass is 968 g/mol. The fraction of sp³-hybridized carbons (Fsp3) is 0.490. The van der Waals surface area contributed by atoms with Gasteiger partial charge in [-0.3, -0.25) is 39.0 Å². The minimum absolute atomic E-state index is 0.107. The van der Waals surface area contributed by atoms with Crippen LogP contribution in [-0.2, 0) is 14.4 Å². The summed E-state index contributed by atoms with van der Waals surface area (Å²) in [5.41, 5.74) is 2.53. The number of hydrogen-bond acceptors (Lipinski definition) is 13. The van der Waals surface area contributed by atoms with Gasteiger partial charge in [0.15, 0.2) is 0 Å². The number of nitriles is 1. The van der Waals surface area contributed by atoms with Crippen molar-refractivity contribution >= 4 is 51.8 Å². The zero-order chi connectivity index (χ0) is 49.1. The van der Waals surface area contributed by atoms with Crippen molar-refractivity contribution in [3.8, 4) is 23.1 Å². The molecular weight excluding hydrogens is 912 g/mol. The predicted octanol–water partition coefficient (Wildman–Crippen LogP) is 5.18. The third-order valence-electron chi connectivity index (χ3n) is 15.5. The van der Waals surface area contributed by atoms with Crippen molar-refractivity contribution in [3.63, 3.8) is 0 Å². The summed E-state index contributed by atoms with van der Waals surface area (Å²) in [5, 5.41) is 28.3. The third-order valence-corrected chi connectivity index (χ3v) is 15.8. The standard InChI is InChI=1S/C51H57ClN12O6/c1-50(2)48(51(3,4)49(50)70-37-8-5-31(23-53)39(52)22-37)57-44(66)32-6-9-40(54-24-32)33-25-55-63(29-33)35-15-17-60(18-16-35)26-30-13-19-61(20-14-30)46(68)34-27-62(28-34)36-7-10-41-38(21-36)47(69)64(59-58-41)42-11-12-43(65)56-45(42)67/h5-10,21-22,24-25,29-30,34-35,42,48-49H,11-20,26-28H2,1-4H3,(H,57,66)(H,56,65,67)/t42?,48-,49-. The van der Waals surface area contributed by atoms with Crippen LogP contribution in [0.1, 0.15) is 94.2 Å². The molecule has 5 aromatic rings. The SMILES string of the molecule is CC1(C)[C@H](NC(=O)c2ccc(-c3cnn(C4CCN(CC5CCN(C(=O)C6CN(c7ccc8nnn(C9CCC(=O)NC9=O)c(=O)c8c7)C6)CC5)CC4)c3)nc2)C(C)(C)[C@H]1Oc1ccc(C#N)c(Cl)c1. The maximum absolute atomic E-state index is 13.6. The number of likely N-dealkylation sites (tertiary alicyclic amines) is 2. The van der Waals surface area contributed by atoms with E-state index in [1.54, 1.807) is 42.6 Å². The van der Waals surface area contributed by atoms with Gasteiger partial charge in [0, 0.05) is 98.8 Å². The number of aromatic nitrogens is 6. The number of halogens is 1. The van der Waals surface area contributed by atoms with Gasteiger partial charge in [-0.05, 0) is 80.5 Å². The Labute approximate surface area is 410 Å². The smallest absolute Gasteiger partial charge is 0.278 e. The highest BCUT2D eigenvalue weighted by Crippen LogP contribution is 2.55. The van der Waals surface area contributed by atoms with Crippen LogP contribution >= 0.6 is 11.6 Å². The second-order valence-electron chi connectivity index (χ2n) is 20.9. The van der Waals surface area contributed by atoms with E-state index in [1.807, 2.05) is 23.2 Å². The first-order chi connectivity index (χ1) is 33.6. The van der Waals surface area contributed by atoms with Gasteiger partial charge in [-0.15, -0.1) is 5.10 Å². The minimum Gasteiger partial charge on any atom is -0.489 e. The number of carbonyl (C=O) groups excluding carboxylic acids is 4. The van der Waals surface area contributed by atoms with E-state index < -0.39 is 17.5 Å². The second-order valence-corrected chi connectivity index (χ2v) is 21.3. The molecule has 2 aromatic carbocycles. The first-order valence-electron chi connectivity index (χ1n) is 24.2. The van der Waals surface area contributed by atoms with Crippen LogP contribution in [-0.4, -0.2) is 121 Å². The van der Waals surface area contributed by atoms with E-state index in [2.05, 4.69) is 80.4 Å². The number of ether oxygens (including phenoxy) is 1. The third kappa shape index (κ3) is 8.89. The number of nitrogens with zero attached hydrogens (tertiary/aromatic N) is 10. The van der Waals surface area contributed by atoms with E-state index in [-0.39, 0.29) is 65.5 Å². The summed E-state index contributed by atoms with van der Waals surface area (Å²) in [5.74, 6) is 0.0727. The number of fused-ring (bicyclic) bond motifs is 1. The van der Waals surface area contributed by atoms with Gasteiger partial charge in [0.05, 0.1) is 45.4 Å². The van der Waals surface area contributed by atoms with Crippen LogP contribution in [0.3, 0.4) is 0 Å². The number of rotatable bonds is 11. The lowest BCUT2D eigenvalue weighted by atomic mass is 9.49. The first-order valence-corrected chi connectivity index (χ1v) is 24.6. The summed E-state index contributed by atoms with van der Waals surface area (Å²) < 4.78 is 9.50. The largest absolute Gasteiger partial charge is 0.489 e. The number of amides is 4. The average Bonchev–Trinajstić information content (AvgIpc) is 3.83. The van der Waals surface area contributed by atoms with Crippen LogP contribution in [0.4, 0.5) is 5.69 Å². The van der Waals surface area contributed by atoms with Crippen LogP contribution in [0.5, 0.6) is 5.75 Å². The molecule has 19 heteroatoms. The van der Waals surface area contributed by atoms with Crippen molar-refractivity contribution in [1.82, 2.24) is 50.2 Å². The molecule has 7 heterocycles. The minimum atomic E-state index is -0.890. The molecule has 70 heavy (non-hydrogen) atoms. The van der Waals surface area contributed by atoms with E-state index in [0.717, 1.165) is 80.0 Å². The summed E-state index contributed by atoms with van der Waals surface area (Å²) in [6, 6.07) is 15.4.